The molecule has 3 aromatic rings. The van der Waals surface area contributed by atoms with E-state index in [1.807, 2.05) is 6.07 Å². The van der Waals surface area contributed by atoms with Crippen LogP contribution in [0.5, 0.6) is 0 Å². The molecule has 0 saturated carbocycles. The van der Waals surface area contributed by atoms with Gasteiger partial charge in [0.25, 0.3) is 5.56 Å². The molecule has 2 heterocycles. The Bertz CT molecular complexity index is 879. The van der Waals surface area contributed by atoms with Crippen LogP contribution in [0, 0.1) is 0 Å². The minimum Gasteiger partial charge on any atom is -0.481 e. The maximum absolute atomic E-state index is 12.0. The molecule has 1 aromatic carbocycles. The predicted molar refractivity (Wildman–Crippen MR) is 76.5 cm³/mol. The number of carbonyl (C=O) groups is 1. The third kappa shape index (κ3) is 2.06. The molecule has 0 unspecified atom stereocenters. The second kappa shape index (κ2) is 4.68. The highest BCUT2D eigenvalue weighted by atomic mass is 35.5. The minimum absolute atomic E-state index is 0.0218. The van der Waals surface area contributed by atoms with E-state index in [2.05, 4.69) is 4.98 Å². The van der Waals surface area contributed by atoms with Gasteiger partial charge < -0.3 is 14.5 Å². The lowest BCUT2D eigenvalue weighted by Crippen LogP contribution is -2.11. The lowest BCUT2D eigenvalue weighted by molar-refractivity contribution is -0.136. The zero-order chi connectivity index (χ0) is 14.3. The molecule has 3 rings (SSSR count). The van der Waals surface area contributed by atoms with Gasteiger partial charge in [-0.25, -0.2) is 0 Å². The molecule has 0 spiro atoms. The Balaban J connectivity index is 2.30. The van der Waals surface area contributed by atoms with Crippen molar-refractivity contribution in [3.05, 3.63) is 51.4 Å². The number of carboxylic acid groups (broad SMARTS) is 1. The smallest absolute Gasteiger partial charge is 0.303 e. The summed E-state index contributed by atoms with van der Waals surface area (Å²) in [4.78, 5) is 25.5. The van der Waals surface area contributed by atoms with Gasteiger partial charge in [0.15, 0.2) is 0 Å². The molecular weight excluding hydrogens is 280 g/mol. The van der Waals surface area contributed by atoms with Crippen molar-refractivity contribution in [3.8, 4) is 0 Å². The summed E-state index contributed by atoms with van der Waals surface area (Å²) in [6.07, 6.45) is 0.388. The number of aromatic nitrogens is 2. The Labute approximate surface area is 118 Å². The first-order valence-electron chi connectivity index (χ1n) is 6.10. The summed E-state index contributed by atoms with van der Waals surface area (Å²) in [5.74, 6) is -0.864. The van der Waals surface area contributed by atoms with Crippen LogP contribution in [0.1, 0.15) is 12.1 Å². The van der Waals surface area contributed by atoms with Crippen molar-refractivity contribution < 1.29 is 9.90 Å². The average Bonchev–Trinajstić information content (AvgIpc) is 2.80. The summed E-state index contributed by atoms with van der Waals surface area (Å²) < 4.78 is 1.79. The maximum atomic E-state index is 12.0. The molecule has 0 aliphatic heterocycles. The summed E-state index contributed by atoms with van der Waals surface area (Å²) in [5, 5.41) is 9.33. The molecule has 0 radical (unpaired) electrons. The van der Waals surface area contributed by atoms with Crippen molar-refractivity contribution in [2.24, 2.45) is 0 Å². The Morgan fingerprint density at radius 3 is 2.75 bits per heavy atom. The van der Waals surface area contributed by atoms with E-state index >= 15 is 0 Å². The highest BCUT2D eigenvalue weighted by Crippen LogP contribution is 2.20. The maximum Gasteiger partial charge on any atom is 0.303 e. The number of nitrogens with one attached hydrogen (secondary N) is 1. The first-order chi connectivity index (χ1) is 9.56. The monoisotopic (exact) mass is 290 g/mol. The normalized spacial score (nSPS) is 11.2. The van der Waals surface area contributed by atoms with Crippen LogP contribution < -0.4 is 5.56 Å². The van der Waals surface area contributed by atoms with E-state index in [0.717, 1.165) is 11.2 Å². The summed E-state index contributed by atoms with van der Waals surface area (Å²) in [6, 6.07) is 8.71. The number of H-pyrrole nitrogens is 1. The van der Waals surface area contributed by atoms with E-state index in [9.17, 15) is 9.59 Å². The Kier molecular flexibility index (Phi) is 2.99. The molecule has 6 heteroatoms. The van der Waals surface area contributed by atoms with Crippen molar-refractivity contribution >= 4 is 34.1 Å². The van der Waals surface area contributed by atoms with Crippen LogP contribution in [0.4, 0.5) is 0 Å². The van der Waals surface area contributed by atoms with Gasteiger partial charge in [0.05, 0.1) is 17.5 Å². The van der Waals surface area contributed by atoms with Gasteiger partial charge in [-0.15, -0.1) is 0 Å². The average molecular weight is 291 g/mol. The van der Waals surface area contributed by atoms with E-state index < -0.39 is 5.97 Å². The molecular formula is C14H11ClN2O3. The number of aryl methyl sites for hydroxylation is 1. The molecule has 0 aliphatic carbocycles. The Hall–Kier alpha value is -2.27. The van der Waals surface area contributed by atoms with Crippen molar-refractivity contribution in [2.45, 2.75) is 12.8 Å². The molecule has 0 aliphatic rings. The van der Waals surface area contributed by atoms with E-state index in [0.29, 0.717) is 22.5 Å². The van der Waals surface area contributed by atoms with Gasteiger partial charge in [0.2, 0.25) is 0 Å². The zero-order valence-corrected chi connectivity index (χ0v) is 11.1. The number of hydrogen-bond acceptors (Lipinski definition) is 2. The number of fused-ring (bicyclic) bond motifs is 3. The lowest BCUT2D eigenvalue weighted by atomic mass is 10.2. The molecule has 5 nitrogen and oxygen atoms in total. The molecule has 2 N–H and O–H groups in total. The van der Waals surface area contributed by atoms with Crippen LogP contribution in [0.25, 0.3) is 16.6 Å². The SMILES string of the molecule is O=C(O)CCc1ccc2c(=O)[nH]c3cc(Cl)ccc3n12. The van der Waals surface area contributed by atoms with Crippen LogP contribution in [0.15, 0.2) is 35.1 Å². The number of carboxylic acids is 1. The van der Waals surface area contributed by atoms with Gasteiger partial charge in [0.1, 0.15) is 5.52 Å². The first-order valence-corrected chi connectivity index (χ1v) is 6.48. The highest BCUT2D eigenvalue weighted by molar-refractivity contribution is 6.31. The lowest BCUT2D eigenvalue weighted by Gasteiger charge is -2.07. The van der Waals surface area contributed by atoms with Gasteiger partial charge >= 0.3 is 5.97 Å². The molecule has 102 valence electrons. The summed E-state index contributed by atoms with van der Waals surface area (Å²) >= 11 is 5.93. The molecule has 0 amide bonds. The van der Waals surface area contributed by atoms with Crippen LogP contribution in [0.2, 0.25) is 5.02 Å². The third-order valence-electron chi connectivity index (χ3n) is 3.24. The zero-order valence-electron chi connectivity index (χ0n) is 10.4. The standard InChI is InChI=1S/C14H11ClN2O3/c15-8-1-4-11-10(7-8)16-14(20)12-5-2-9(17(11)12)3-6-13(18)19/h1-2,4-5,7H,3,6H2,(H,16,20)(H,18,19). The number of benzene rings is 1. The van der Waals surface area contributed by atoms with E-state index in [1.54, 1.807) is 28.7 Å². The summed E-state index contributed by atoms with van der Waals surface area (Å²) in [5.41, 5.74) is 2.50. The van der Waals surface area contributed by atoms with Gasteiger partial charge in [-0.3, -0.25) is 9.59 Å². The highest BCUT2D eigenvalue weighted by Gasteiger charge is 2.10. The Morgan fingerprint density at radius 2 is 2.00 bits per heavy atom. The quantitative estimate of drug-likeness (QED) is 0.778. The van der Waals surface area contributed by atoms with Crippen LogP contribution >= 0.6 is 11.6 Å². The number of halogens is 1. The number of hydrogen-bond donors (Lipinski definition) is 2. The van der Waals surface area contributed by atoms with E-state index in [-0.39, 0.29) is 12.0 Å². The van der Waals surface area contributed by atoms with Crippen LogP contribution in [-0.2, 0) is 11.2 Å². The fourth-order valence-electron chi connectivity index (χ4n) is 2.36. The first kappa shape index (κ1) is 12.7. The summed E-state index contributed by atoms with van der Waals surface area (Å²) in [7, 11) is 0. The molecule has 0 saturated heterocycles. The number of aliphatic carboxylic acids is 1. The van der Waals surface area contributed by atoms with Gasteiger partial charge in [-0.1, -0.05) is 11.6 Å². The van der Waals surface area contributed by atoms with Gasteiger partial charge in [0, 0.05) is 10.7 Å². The second-order valence-electron chi connectivity index (χ2n) is 4.55. The number of aromatic amines is 1. The minimum atomic E-state index is -0.864. The molecule has 20 heavy (non-hydrogen) atoms. The fraction of sp³-hybridized carbons (Fsp3) is 0.143. The van der Waals surface area contributed by atoms with Crippen LogP contribution in [-0.4, -0.2) is 20.5 Å². The van der Waals surface area contributed by atoms with Crippen LogP contribution in [0.3, 0.4) is 0 Å². The molecule has 0 fully saturated rings. The fourth-order valence-corrected chi connectivity index (χ4v) is 2.53. The van der Waals surface area contributed by atoms with Crippen molar-refractivity contribution in [3.63, 3.8) is 0 Å². The van der Waals surface area contributed by atoms with Crippen molar-refractivity contribution in [1.29, 1.82) is 0 Å². The van der Waals surface area contributed by atoms with E-state index in [4.69, 9.17) is 16.7 Å². The number of rotatable bonds is 3. The third-order valence-corrected chi connectivity index (χ3v) is 3.47. The van der Waals surface area contributed by atoms with E-state index in [1.165, 1.54) is 0 Å². The largest absolute Gasteiger partial charge is 0.481 e. The van der Waals surface area contributed by atoms with Crippen molar-refractivity contribution in [2.75, 3.05) is 0 Å². The second-order valence-corrected chi connectivity index (χ2v) is 4.99. The van der Waals surface area contributed by atoms with Gasteiger partial charge in [-0.05, 0) is 36.8 Å². The Morgan fingerprint density at radius 1 is 1.25 bits per heavy atom. The number of nitrogens with zero attached hydrogens (tertiary/aromatic N) is 1. The summed E-state index contributed by atoms with van der Waals surface area (Å²) in [6.45, 7) is 0. The topological polar surface area (TPSA) is 74.6 Å². The van der Waals surface area contributed by atoms with Crippen molar-refractivity contribution in [1.82, 2.24) is 9.38 Å². The van der Waals surface area contributed by atoms with Gasteiger partial charge in [-0.2, -0.15) is 0 Å². The molecule has 2 aromatic heterocycles. The predicted octanol–water partition coefficient (Wildman–Crippen LogP) is 2.45. The molecule has 0 atom stereocenters. The molecule has 0 bridgehead atoms.